The number of benzene rings is 2. The highest BCUT2D eigenvalue weighted by Gasteiger charge is 2.22. The summed E-state index contributed by atoms with van der Waals surface area (Å²) in [5.41, 5.74) is 12.8. The second-order valence-electron chi connectivity index (χ2n) is 5.57. The minimum Gasteiger partial charge on any atom is -0.478 e. The Morgan fingerprint density at radius 1 is 1.07 bits per heavy atom. The molecule has 1 unspecified atom stereocenters. The van der Waals surface area contributed by atoms with Crippen molar-refractivity contribution in [3.63, 3.8) is 0 Å². The average molecular weight is 361 g/mol. The zero-order chi connectivity index (χ0) is 19.4. The highest BCUT2D eigenvalue weighted by molar-refractivity contribution is 5.75. The van der Waals surface area contributed by atoms with E-state index in [9.17, 15) is 15.2 Å². The monoisotopic (exact) mass is 361 g/mol. The molecule has 8 heteroatoms. The van der Waals surface area contributed by atoms with Crippen LogP contribution < -0.4 is 16.2 Å². The van der Waals surface area contributed by atoms with Gasteiger partial charge in [-0.05, 0) is 24.3 Å². The van der Waals surface area contributed by atoms with Crippen LogP contribution in [0, 0.1) is 11.3 Å². The largest absolute Gasteiger partial charge is 0.478 e. The number of aromatic nitrogens is 2. The van der Waals surface area contributed by atoms with Gasteiger partial charge in [-0.15, -0.1) is 0 Å². The summed E-state index contributed by atoms with van der Waals surface area (Å²) in [5.74, 6) is -0.802. The van der Waals surface area contributed by atoms with Crippen LogP contribution in [0.3, 0.4) is 0 Å². The first kappa shape index (κ1) is 17.7. The number of nitriles is 1. The van der Waals surface area contributed by atoms with E-state index >= 15 is 0 Å². The fraction of sp³-hybridized carbons (Fsp3) is 0.0526. The van der Waals surface area contributed by atoms with E-state index in [4.69, 9.17) is 16.2 Å². The van der Waals surface area contributed by atoms with Crippen LogP contribution in [0.1, 0.15) is 17.2 Å². The third-order valence-corrected chi connectivity index (χ3v) is 3.77. The third kappa shape index (κ3) is 3.77. The van der Waals surface area contributed by atoms with Crippen LogP contribution in [0.25, 0.3) is 11.3 Å². The summed E-state index contributed by atoms with van der Waals surface area (Å²) in [4.78, 5) is 19.4. The van der Waals surface area contributed by atoms with Crippen molar-refractivity contribution in [1.82, 2.24) is 9.97 Å². The number of carboxylic acid groups (broad SMARTS) is 1. The molecule has 0 saturated carbocycles. The zero-order valence-corrected chi connectivity index (χ0v) is 14.0. The Morgan fingerprint density at radius 3 is 2.33 bits per heavy atom. The Hall–Kier alpha value is -4.12. The molecule has 0 saturated heterocycles. The number of nitrogen functional groups attached to an aromatic ring is 2. The Labute approximate surface area is 154 Å². The zero-order valence-electron chi connectivity index (χ0n) is 14.0. The summed E-state index contributed by atoms with van der Waals surface area (Å²) in [7, 11) is 0. The van der Waals surface area contributed by atoms with Crippen molar-refractivity contribution in [2.75, 3.05) is 11.5 Å². The number of hydrogen-bond donors (Lipinski definition) is 3. The van der Waals surface area contributed by atoms with E-state index in [0.717, 1.165) is 0 Å². The minimum atomic E-state index is -1.14. The maximum atomic E-state index is 11.5. The molecular weight excluding hydrogens is 346 g/mol. The van der Waals surface area contributed by atoms with Crippen molar-refractivity contribution in [1.29, 1.82) is 5.26 Å². The number of anilines is 2. The van der Waals surface area contributed by atoms with Crippen LogP contribution in [0.5, 0.6) is 5.75 Å². The van der Waals surface area contributed by atoms with Gasteiger partial charge in [0, 0.05) is 11.1 Å². The molecule has 3 rings (SSSR count). The van der Waals surface area contributed by atoms with E-state index in [-0.39, 0.29) is 17.3 Å². The van der Waals surface area contributed by atoms with E-state index in [1.165, 1.54) is 0 Å². The molecule has 3 aromatic rings. The van der Waals surface area contributed by atoms with Crippen molar-refractivity contribution in [2.45, 2.75) is 6.10 Å². The molecule has 0 radical (unpaired) electrons. The number of aliphatic carboxylic acids is 1. The van der Waals surface area contributed by atoms with Gasteiger partial charge in [-0.1, -0.05) is 30.3 Å². The molecule has 8 nitrogen and oxygen atoms in total. The van der Waals surface area contributed by atoms with E-state index in [0.29, 0.717) is 22.6 Å². The van der Waals surface area contributed by atoms with Crippen LogP contribution in [0.15, 0.2) is 54.6 Å². The molecule has 2 aromatic carbocycles. The molecule has 0 fully saturated rings. The normalized spacial score (nSPS) is 11.4. The van der Waals surface area contributed by atoms with Crippen LogP contribution in [-0.2, 0) is 4.79 Å². The summed E-state index contributed by atoms with van der Waals surface area (Å²) in [6, 6.07) is 17.0. The van der Waals surface area contributed by atoms with E-state index in [1.54, 1.807) is 54.6 Å². The first-order valence-corrected chi connectivity index (χ1v) is 7.87. The SMILES string of the molecule is N#Cc1c(N)nc(N)nc1-c1ccc(OC(C(=O)O)c2ccccc2)cc1. The predicted molar refractivity (Wildman–Crippen MR) is 98.5 cm³/mol. The summed E-state index contributed by atoms with van der Waals surface area (Å²) in [6.07, 6.45) is -1.14. The van der Waals surface area contributed by atoms with Crippen LogP contribution >= 0.6 is 0 Å². The van der Waals surface area contributed by atoms with E-state index < -0.39 is 12.1 Å². The summed E-state index contributed by atoms with van der Waals surface area (Å²) in [5, 5.41) is 18.7. The Morgan fingerprint density at radius 2 is 1.74 bits per heavy atom. The molecule has 0 bridgehead atoms. The molecule has 1 aromatic heterocycles. The number of hydrogen-bond acceptors (Lipinski definition) is 7. The molecule has 1 heterocycles. The van der Waals surface area contributed by atoms with E-state index in [1.807, 2.05) is 6.07 Å². The van der Waals surface area contributed by atoms with Gasteiger partial charge in [0.1, 0.15) is 23.2 Å². The van der Waals surface area contributed by atoms with Gasteiger partial charge in [-0.2, -0.15) is 10.2 Å². The van der Waals surface area contributed by atoms with Crippen LogP contribution in [0.4, 0.5) is 11.8 Å². The topological polar surface area (TPSA) is 148 Å². The molecule has 0 spiro atoms. The average Bonchev–Trinajstić information content (AvgIpc) is 2.66. The standard InChI is InChI=1S/C19H15N5O3/c20-10-14-15(23-19(22)24-17(14)21)11-6-8-13(9-7-11)27-16(18(25)26)12-4-2-1-3-5-12/h1-9,16H,(H,25,26)(H4,21,22,23,24). The van der Waals surface area contributed by atoms with Crippen LogP contribution in [-0.4, -0.2) is 21.0 Å². The van der Waals surface area contributed by atoms with Crippen molar-refractivity contribution in [3.8, 4) is 23.1 Å². The van der Waals surface area contributed by atoms with Crippen molar-refractivity contribution in [3.05, 3.63) is 65.7 Å². The second kappa shape index (κ2) is 7.41. The Bertz CT molecular complexity index is 1010. The van der Waals surface area contributed by atoms with Crippen molar-refractivity contribution in [2.24, 2.45) is 0 Å². The molecular formula is C19H15N5O3. The Kier molecular flexibility index (Phi) is 4.86. The molecule has 0 amide bonds. The summed E-state index contributed by atoms with van der Waals surface area (Å²) >= 11 is 0. The molecule has 0 aliphatic heterocycles. The lowest BCUT2D eigenvalue weighted by Gasteiger charge is -2.16. The van der Waals surface area contributed by atoms with Crippen molar-refractivity contribution >= 4 is 17.7 Å². The lowest BCUT2D eigenvalue weighted by molar-refractivity contribution is -0.145. The van der Waals surface area contributed by atoms with Gasteiger partial charge in [0.25, 0.3) is 0 Å². The Balaban J connectivity index is 1.90. The van der Waals surface area contributed by atoms with Crippen LogP contribution in [0.2, 0.25) is 0 Å². The number of nitrogens with zero attached hydrogens (tertiary/aromatic N) is 3. The maximum Gasteiger partial charge on any atom is 0.349 e. The lowest BCUT2D eigenvalue weighted by Crippen LogP contribution is -2.18. The quantitative estimate of drug-likeness (QED) is 0.627. The number of carbonyl (C=O) groups is 1. The summed E-state index contributed by atoms with van der Waals surface area (Å²) < 4.78 is 5.61. The van der Waals surface area contributed by atoms with Gasteiger partial charge in [0.15, 0.2) is 0 Å². The number of carboxylic acids is 1. The smallest absolute Gasteiger partial charge is 0.349 e. The van der Waals surface area contributed by atoms with E-state index in [2.05, 4.69) is 9.97 Å². The fourth-order valence-electron chi connectivity index (χ4n) is 2.53. The van der Waals surface area contributed by atoms with Gasteiger partial charge in [0.05, 0.1) is 5.69 Å². The highest BCUT2D eigenvalue weighted by atomic mass is 16.5. The van der Waals surface area contributed by atoms with Gasteiger partial charge >= 0.3 is 5.97 Å². The molecule has 0 aliphatic carbocycles. The van der Waals surface area contributed by atoms with Gasteiger partial charge in [0.2, 0.25) is 12.1 Å². The third-order valence-electron chi connectivity index (χ3n) is 3.77. The maximum absolute atomic E-state index is 11.5. The predicted octanol–water partition coefficient (Wildman–Crippen LogP) is 2.38. The molecule has 5 N–H and O–H groups in total. The second-order valence-corrected chi connectivity index (χ2v) is 5.57. The molecule has 134 valence electrons. The lowest BCUT2D eigenvalue weighted by atomic mass is 10.1. The minimum absolute atomic E-state index is 0.00431. The number of nitrogens with two attached hydrogens (primary N) is 2. The molecule has 0 aliphatic rings. The van der Waals surface area contributed by atoms with Gasteiger partial charge < -0.3 is 21.3 Å². The number of rotatable bonds is 5. The number of ether oxygens (including phenoxy) is 1. The highest BCUT2D eigenvalue weighted by Crippen LogP contribution is 2.28. The summed E-state index contributed by atoms with van der Waals surface area (Å²) in [6.45, 7) is 0. The first-order chi connectivity index (χ1) is 13.0. The molecule has 1 atom stereocenters. The fourth-order valence-corrected chi connectivity index (χ4v) is 2.53. The van der Waals surface area contributed by atoms with Crippen molar-refractivity contribution < 1.29 is 14.6 Å². The van der Waals surface area contributed by atoms with Gasteiger partial charge in [-0.3, -0.25) is 0 Å². The first-order valence-electron chi connectivity index (χ1n) is 7.87. The molecule has 27 heavy (non-hydrogen) atoms. The van der Waals surface area contributed by atoms with Gasteiger partial charge in [-0.25, -0.2) is 9.78 Å².